The van der Waals surface area contributed by atoms with Crippen LogP contribution in [0.4, 0.5) is 0 Å². The molecule has 0 aromatic carbocycles. The molecule has 6 nitrogen and oxygen atoms in total. The highest BCUT2D eigenvalue weighted by atomic mass is 79.9. The van der Waals surface area contributed by atoms with Crippen LogP contribution in [0, 0.1) is 16.7 Å². The molecule has 0 unspecified atom stereocenters. The number of nitriles is 1. The zero-order valence-corrected chi connectivity index (χ0v) is 14.6. The van der Waals surface area contributed by atoms with Crippen LogP contribution in [-0.2, 0) is 6.42 Å². The fourth-order valence-corrected chi connectivity index (χ4v) is 3.76. The Morgan fingerprint density at radius 1 is 1.25 bits per heavy atom. The molecule has 0 radical (unpaired) electrons. The average molecular weight is 386 g/mol. The lowest BCUT2D eigenvalue weighted by Crippen LogP contribution is -2.25. The maximum atomic E-state index is 9.60. The van der Waals surface area contributed by atoms with Crippen LogP contribution in [0.15, 0.2) is 27.5 Å². The zero-order chi connectivity index (χ0) is 16.6. The van der Waals surface area contributed by atoms with Gasteiger partial charge in [-0.15, -0.1) is 0 Å². The Hall–Kier alpha value is -2.20. The van der Waals surface area contributed by atoms with E-state index in [0.717, 1.165) is 46.9 Å². The third-order valence-corrected chi connectivity index (χ3v) is 5.19. The summed E-state index contributed by atoms with van der Waals surface area (Å²) in [5.41, 5.74) is 1.27. The van der Waals surface area contributed by atoms with Gasteiger partial charge in [0, 0.05) is 23.6 Å². The normalized spacial score (nSPS) is 17.0. The first-order valence-corrected chi connectivity index (χ1v) is 8.86. The summed E-state index contributed by atoms with van der Waals surface area (Å²) in [6.07, 6.45) is 7.58. The third kappa shape index (κ3) is 2.71. The van der Waals surface area contributed by atoms with Crippen molar-refractivity contribution in [1.82, 2.24) is 20.1 Å². The molecule has 122 valence electrons. The molecule has 0 saturated heterocycles. The lowest BCUT2D eigenvalue weighted by molar-refractivity contribution is 0.236. The predicted molar refractivity (Wildman–Crippen MR) is 91.9 cm³/mol. The first-order chi connectivity index (χ1) is 11.7. The van der Waals surface area contributed by atoms with Gasteiger partial charge in [0.25, 0.3) is 0 Å². The molecular weight excluding hydrogens is 370 g/mol. The van der Waals surface area contributed by atoms with Crippen molar-refractivity contribution in [3.8, 4) is 17.5 Å². The summed E-state index contributed by atoms with van der Waals surface area (Å²) in [4.78, 5) is 12.0. The predicted octanol–water partition coefficient (Wildman–Crippen LogP) is 4.39. The monoisotopic (exact) mass is 385 g/mol. The molecule has 1 N–H and O–H groups in total. The summed E-state index contributed by atoms with van der Waals surface area (Å²) < 4.78 is 6.20. The van der Waals surface area contributed by atoms with Crippen molar-refractivity contribution < 1.29 is 4.52 Å². The molecule has 24 heavy (non-hydrogen) atoms. The summed E-state index contributed by atoms with van der Waals surface area (Å²) in [5.74, 6) is 1.07. The number of aromatic nitrogens is 4. The minimum Gasteiger partial charge on any atom is -0.345 e. The van der Waals surface area contributed by atoms with Crippen LogP contribution < -0.4 is 0 Å². The van der Waals surface area contributed by atoms with Gasteiger partial charge in [-0.3, -0.25) is 0 Å². The van der Waals surface area contributed by atoms with Crippen molar-refractivity contribution in [3.05, 3.63) is 28.8 Å². The van der Waals surface area contributed by atoms with E-state index in [9.17, 15) is 5.26 Å². The van der Waals surface area contributed by atoms with E-state index >= 15 is 0 Å². The van der Waals surface area contributed by atoms with Crippen molar-refractivity contribution in [2.45, 2.75) is 38.5 Å². The van der Waals surface area contributed by atoms with Crippen LogP contribution in [0.1, 0.15) is 38.0 Å². The second-order valence-electron chi connectivity index (χ2n) is 6.37. The summed E-state index contributed by atoms with van der Waals surface area (Å²) in [7, 11) is 0. The largest absolute Gasteiger partial charge is 0.345 e. The summed E-state index contributed by atoms with van der Waals surface area (Å²) in [6, 6.07) is 6.34. The standard InChI is InChI=1S/C17H16BrN5O/c18-13-5-4-11-12(9-20-15(11)21-13)16-22-14(24-23-16)8-17(10-19)6-2-1-3-7-17/h4-5,9H,1-3,6-8H2,(H,20,21). The van der Waals surface area contributed by atoms with Gasteiger partial charge < -0.3 is 9.51 Å². The van der Waals surface area contributed by atoms with Gasteiger partial charge in [-0.2, -0.15) is 10.2 Å². The first-order valence-electron chi connectivity index (χ1n) is 8.07. The Morgan fingerprint density at radius 3 is 2.88 bits per heavy atom. The number of halogens is 1. The Kier molecular flexibility index (Phi) is 3.85. The SMILES string of the molecule is N#CC1(Cc2nc(-c3c[nH]c4nc(Br)ccc34)no2)CCCCC1. The van der Waals surface area contributed by atoms with Gasteiger partial charge in [-0.1, -0.05) is 24.4 Å². The summed E-state index contributed by atoms with van der Waals surface area (Å²) >= 11 is 3.36. The van der Waals surface area contributed by atoms with E-state index in [-0.39, 0.29) is 5.41 Å². The van der Waals surface area contributed by atoms with Gasteiger partial charge in [-0.25, -0.2) is 4.98 Å². The number of rotatable bonds is 3. The summed E-state index contributed by atoms with van der Waals surface area (Å²) in [5, 5.41) is 14.7. The van der Waals surface area contributed by atoms with Crippen LogP contribution in [0.25, 0.3) is 22.4 Å². The fourth-order valence-electron chi connectivity index (χ4n) is 3.45. The van der Waals surface area contributed by atoms with E-state index in [2.05, 4.69) is 42.1 Å². The molecule has 7 heteroatoms. The number of fused-ring (bicyclic) bond motifs is 1. The number of nitrogens with zero attached hydrogens (tertiary/aromatic N) is 4. The van der Waals surface area contributed by atoms with Crippen molar-refractivity contribution in [2.75, 3.05) is 0 Å². The second kappa shape index (κ2) is 6.02. The van der Waals surface area contributed by atoms with Gasteiger partial charge in [-0.05, 0) is 40.9 Å². The van der Waals surface area contributed by atoms with Crippen LogP contribution in [0.5, 0.6) is 0 Å². The molecule has 1 saturated carbocycles. The molecule has 0 bridgehead atoms. The highest BCUT2D eigenvalue weighted by Crippen LogP contribution is 2.38. The summed E-state index contributed by atoms with van der Waals surface area (Å²) in [6.45, 7) is 0. The molecular formula is C17H16BrN5O. The highest BCUT2D eigenvalue weighted by molar-refractivity contribution is 9.10. The number of hydrogen-bond acceptors (Lipinski definition) is 5. The molecule has 0 spiro atoms. The maximum absolute atomic E-state index is 9.60. The minimum atomic E-state index is -0.352. The molecule has 3 aromatic heterocycles. The number of hydrogen-bond donors (Lipinski definition) is 1. The smallest absolute Gasteiger partial charge is 0.228 e. The maximum Gasteiger partial charge on any atom is 0.228 e. The van der Waals surface area contributed by atoms with Crippen LogP contribution in [0.2, 0.25) is 0 Å². The molecule has 0 aliphatic heterocycles. The molecule has 1 fully saturated rings. The van der Waals surface area contributed by atoms with Crippen LogP contribution >= 0.6 is 15.9 Å². The van der Waals surface area contributed by atoms with E-state index < -0.39 is 0 Å². The minimum absolute atomic E-state index is 0.352. The number of H-pyrrole nitrogens is 1. The van der Waals surface area contributed by atoms with Gasteiger partial charge in [0.2, 0.25) is 11.7 Å². The molecule has 3 heterocycles. The average Bonchev–Trinajstić information content (AvgIpc) is 3.21. The van der Waals surface area contributed by atoms with Crippen molar-refractivity contribution >= 4 is 27.0 Å². The Labute approximate surface area is 147 Å². The van der Waals surface area contributed by atoms with E-state index in [1.807, 2.05) is 18.3 Å². The van der Waals surface area contributed by atoms with Gasteiger partial charge >= 0.3 is 0 Å². The van der Waals surface area contributed by atoms with Crippen molar-refractivity contribution in [1.29, 1.82) is 5.26 Å². The van der Waals surface area contributed by atoms with E-state index in [1.165, 1.54) is 6.42 Å². The van der Waals surface area contributed by atoms with Gasteiger partial charge in [0.15, 0.2) is 0 Å². The Morgan fingerprint density at radius 2 is 2.08 bits per heavy atom. The lowest BCUT2D eigenvalue weighted by Gasteiger charge is -2.28. The molecule has 1 aliphatic rings. The fraction of sp³-hybridized carbons (Fsp3) is 0.412. The van der Waals surface area contributed by atoms with Crippen molar-refractivity contribution in [3.63, 3.8) is 0 Å². The van der Waals surface area contributed by atoms with E-state index in [0.29, 0.717) is 18.1 Å². The van der Waals surface area contributed by atoms with Crippen molar-refractivity contribution in [2.24, 2.45) is 5.41 Å². The Balaban J connectivity index is 1.63. The molecule has 3 aromatic rings. The number of nitrogens with one attached hydrogen (secondary N) is 1. The van der Waals surface area contributed by atoms with E-state index in [1.54, 1.807) is 0 Å². The quantitative estimate of drug-likeness (QED) is 0.674. The molecule has 0 amide bonds. The van der Waals surface area contributed by atoms with Crippen LogP contribution in [-0.4, -0.2) is 20.1 Å². The molecule has 1 aliphatic carbocycles. The third-order valence-electron chi connectivity index (χ3n) is 4.75. The van der Waals surface area contributed by atoms with Crippen LogP contribution in [0.3, 0.4) is 0 Å². The first kappa shape index (κ1) is 15.3. The lowest BCUT2D eigenvalue weighted by atomic mass is 9.73. The second-order valence-corrected chi connectivity index (χ2v) is 7.19. The van der Waals surface area contributed by atoms with E-state index in [4.69, 9.17) is 4.52 Å². The molecule has 0 atom stereocenters. The number of pyridine rings is 1. The Bertz CT molecular complexity index is 917. The molecule has 4 rings (SSSR count). The zero-order valence-electron chi connectivity index (χ0n) is 13.0. The van der Waals surface area contributed by atoms with Gasteiger partial charge in [0.05, 0.1) is 11.5 Å². The highest BCUT2D eigenvalue weighted by Gasteiger charge is 2.34. The topological polar surface area (TPSA) is 91.4 Å². The van der Waals surface area contributed by atoms with Gasteiger partial charge in [0.1, 0.15) is 10.3 Å². The number of aromatic amines is 1.